The molecule has 0 saturated carbocycles. The van der Waals surface area contributed by atoms with Gasteiger partial charge in [0.1, 0.15) is 24.4 Å². The number of anilines is 1. The van der Waals surface area contributed by atoms with Crippen molar-refractivity contribution in [2.24, 2.45) is 0 Å². The Morgan fingerprint density at radius 1 is 1.03 bits per heavy atom. The number of hydrogen-bond acceptors (Lipinski definition) is 7. The SMILES string of the molecule is COCCOC1C=c2ncnc(NC3C=C(C#CI)C=CC3)c2=CC1OCCOC. The van der Waals surface area contributed by atoms with E-state index in [1.54, 1.807) is 20.5 Å². The summed E-state index contributed by atoms with van der Waals surface area (Å²) in [5.74, 6) is 3.86. The molecule has 160 valence electrons. The first-order valence-corrected chi connectivity index (χ1v) is 10.9. The summed E-state index contributed by atoms with van der Waals surface area (Å²) in [6.07, 6.45) is 12.2. The molecular formula is C22H26IN3O4. The number of allylic oxidation sites excluding steroid dienone is 2. The van der Waals surface area contributed by atoms with Crippen LogP contribution in [0.3, 0.4) is 0 Å². The Balaban J connectivity index is 1.86. The van der Waals surface area contributed by atoms with Crippen molar-refractivity contribution in [2.45, 2.75) is 24.7 Å². The first kappa shape index (κ1) is 22.9. The summed E-state index contributed by atoms with van der Waals surface area (Å²) in [7, 11) is 3.31. The minimum absolute atomic E-state index is 0.109. The molecule has 1 aromatic rings. The Bertz CT molecular complexity index is 951. The van der Waals surface area contributed by atoms with Gasteiger partial charge in [0.05, 0.1) is 37.8 Å². The van der Waals surface area contributed by atoms with E-state index in [4.69, 9.17) is 18.9 Å². The molecule has 30 heavy (non-hydrogen) atoms. The van der Waals surface area contributed by atoms with E-state index in [1.807, 2.05) is 40.8 Å². The molecule has 1 aromatic heterocycles. The molecule has 2 aliphatic rings. The third-order valence-electron chi connectivity index (χ3n) is 4.67. The van der Waals surface area contributed by atoms with Gasteiger partial charge in [-0.15, -0.1) is 0 Å². The van der Waals surface area contributed by atoms with Crippen molar-refractivity contribution in [3.05, 3.63) is 40.7 Å². The second-order valence-corrected chi connectivity index (χ2v) is 7.28. The van der Waals surface area contributed by atoms with Crippen LogP contribution in [0.15, 0.2) is 30.1 Å². The minimum Gasteiger partial charge on any atom is -0.382 e. The predicted octanol–water partition coefficient (Wildman–Crippen LogP) is 1.18. The maximum absolute atomic E-state index is 6.01. The summed E-state index contributed by atoms with van der Waals surface area (Å²) in [6.45, 7) is 1.97. The van der Waals surface area contributed by atoms with Crippen LogP contribution in [-0.2, 0) is 18.9 Å². The number of rotatable bonds is 10. The molecule has 0 bridgehead atoms. The van der Waals surface area contributed by atoms with Crippen LogP contribution in [-0.4, -0.2) is 68.9 Å². The topological polar surface area (TPSA) is 74.7 Å². The van der Waals surface area contributed by atoms with E-state index in [-0.39, 0.29) is 18.2 Å². The van der Waals surface area contributed by atoms with Gasteiger partial charge in [0.15, 0.2) is 0 Å². The van der Waals surface area contributed by atoms with Crippen LogP contribution in [0.1, 0.15) is 6.42 Å². The maximum atomic E-state index is 6.01. The third kappa shape index (κ3) is 6.36. The molecule has 0 aliphatic heterocycles. The fourth-order valence-electron chi connectivity index (χ4n) is 3.25. The highest BCUT2D eigenvalue weighted by Crippen LogP contribution is 2.15. The second kappa shape index (κ2) is 12.2. The zero-order valence-corrected chi connectivity index (χ0v) is 19.3. The molecule has 3 unspecified atom stereocenters. The van der Waals surface area contributed by atoms with Gasteiger partial charge in [-0.2, -0.15) is 0 Å². The Labute approximate surface area is 190 Å². The van der Waals surface area contributed by atoms with E-state index >= 15 is 0 Å². The molecule has 3 rings (SSSR count). The zero-order chi connectivity index (χ0) is 21.2. The van der Waals surface area contributed by atoms with E-state index in [0.29, 0.717) is 26.4 Å². The molecule has 1 N–H and O–H groups in total. The molecule has 0 fully saturated rings. The standard InChI is InChI=1S/C22H26IN3O4/c1-27-8-10-29-20-13-18-19(14-21(20)30-11-9-28-2)24-15-25-22(18)26-17-5-3-4-16(12-17)6-7-23/h3-4,12-15,17,20-21H,5,8-11H2,1-2H3,(H,24,25,26). The first-order valence-electron chi connectivity index (χ1n) is 9.77. The van der Waals surface area contributed by atoms with Crippen LogP contribution >= 0.6 is 22.6 Å². The van der Waals surface area contributed by atoms with Crippen LogP contribution in [0.25, 0.3) is 12.2 Å². The Kier molecular flexibility index (Phi) is 9.29. The van der Waals surface area contributed by atoms with Crippen LogP contribution in [0.5, 0.6) is 0 Å². The number of methoxy groups -OCH3 is 2. The lowest BCUT2D eigenvalue weighted by molar-refractivity contribution is -0.0397. The summed E-state index contributed by atoms with van der Waals surface area (Å²) >= 11 is 2.05. The summed E-state index contributed by atoms with van der Waals surface area (Å²) in [4.78, 5) is 8.93. The van der Waals surface area contributed by atoms with Gasteiger partial charge in [0.25, 0.3) is 0 Å². The van der Waals surface area contributed by atoms with Crippen LogP contribution in [0, 0.1) is 9.85 Å². The molecule has 0 aromatic carbocycles. The fraction of sp³-hybridized carbons (Fsp3) is 0.455. The third-order valence-corrected chi connectivity index (χ3v) is 4.94. The summed E-state index contributed by atoms with van der Waals surface area (Å²) in [5, 5.41) is 5.25. The lowest BCUT2D eigenvalue weighted by Crippen LogP contribution is -2.44. The van der Waals surface area contributed by atoms with Crippen molar-refractivity contribution in [1.29, 1.82) is 0 Å². The van der Waals surface area contributed by atoms with E-state index in [9.17, 15) is 0 Å². The number of nitrogens with one attached hydrogen (secondary N) is 1. The van der Waals surface area contributed by atoms with Crippen molar-refractivity contribution in [3.63, 3.8) is 0 Å². The van der Waals surface area contributed by atoms with Crippen molar-refractivity contribution in [3.8, 4) is 9.85 Å². The van der Waals surface area contributed by atoms with Gasteiger partial charge in [-0.05, 0) is 28.6 Å². The van der Waals surface area contributed by atoms with Gasteiger partial charge >= 0.3 is 0 Å². The smallest absolute Gasteiger partial charge is 0.137 e. The van der Waals surface area contributed by atoms with Crippen molar-refractivity contribution in [1.82, 2.24) is 9.97 Å². The van der Waals surface area contributed by atoms with Gasteiger partial charge in [-0.1, -0.05) is 18.1 Å². The lowest BCUT2D eigenvalue weighted by atomic mass is 10.0. The average Bonchev–Trinajstić information content (AvgIpc) is 2.75. The van der Waals surface area contributed by atoms with Crippen LogP contribution < -0.4 is 15.9 Å². The largest absolute Gasteiger partial charge is 0.382 e. The molecule has 3 atom stereocenters. The number of aromatic nitrogens is 2. The van der Waals surface area contributed by atoms with E-state index in [1.165, 1.54) is 0 Å². The van der Waals surface area contributed by atoms with Gasteiger partial charge in [0, 0.05) is 47.6 Å². The molecule has 0 saturated heterocycles. The monoisotopic (exact) mass is 523 g/mol. The molecule has 8 heteroatoms. The molecule has 0 spiro atoms. The Morgan fingerprint density at radius 2 is 1.77 bits per heavy atom. The molecular weight excluding hydrogens is 497 g/mol. The van der Waals surface area contributed by atoms with E-state index in [0.717, 1.165) is 28.4 Å². The van der Waals surface area contributed by atoms with E-state index < -0.39 is 0 Å². The Hall–Kier alpha value is -1.77. The van der Waals surface area contributed by atoms with Crippen molar-refractivity contribution < 1.29 is 18.9 Å². The highest BCUT2D eigenvalue weighted by Gasteiger charge is 2.23. The number of fused-ring (bicyclic) bond motifs is 1. The molecule has 0 radical (unpaired) electrons. The van der Waals surface area contributed by atoms with Gasteiger partial charge in [-0.25, -0.2) is 9.97 Å². The highest BCUT2D eigenvalue weighted by molar-refractivity contribution is 14.1. The van der Waals surface area contributed by atoms with Crippen molar-refractivity contribution >= 4 is 40.6 Å². The normalized spacial score (nSPS) is 22.1. The van der Waals surface area contributed by atoms with E-state index in [2.05, 4.69) is 37.3 Å². The fourth-order valence-corrected chi connectivity index (χ4v) is 3.56. The average molecular weight is 523 g/mol. The second-order valence-electron chi connectivity index (χ2n) is 6.74. The summed E-state index contributed by atoms with van der Waals surface area (Å²) in [6, 6.07) is 0.109. The minimum atomic E-state index is -0.265. The number of nitrogens with zero attached hydrogens (tertiary/aromatic N) is 2. The van der Waals surface area contributed by atoms with Crippen LogP contribution in [0.4, 0.5) is 5.82 Å². The van der Waals surface area contributed by atoms with Gasteiger partial charge in [0.2, 0.25) is 0 Å². The van der Waals surface area contributed by atoms with Crippen LogP contribution in [0.2, 0.25) is 0 Å². The number of hydrogen-bond donors (Lipinski definition) is 1. The number of ether oxygens (including phenoxy) is 4. The molecule has 7 nitrogen and oxygen atoms in total. The number of halogens is 1. The maximum Gasteiger partial charge on any atom is 0.137 e. The first-order chi connectivity index (χ1) is 14.7. The predicted molar refractivity (Wildman–Crippen MR) is 124 cm³/mol. The highest BCUT2D eigenvalue weighted by atomic mass is 127. The summed E-state index contributed by atoms with van der Waals surface area (Å²) < 4.78 is 25.1. The molecule has 2 aliphatic carbocycles. The Morgan fingerprint density at radius 3 is 2.47 bits per heavy atom. The lowest BCUT2D eigenvalue weighted by Gasteiger charge is -2.26. The van der Waals surface area contributed by atoms with Gasteiger partial charge in [-0.3, -0.25) is 0 Å². The molecule has 1 heterocycles. The van der Waals surface area contributed by atoms with Gasteiger partial charge < -0.3 is 24.3 Å². The quantitative estimate of drug-likeness (QED) is 0.281. The molecule has 0 amide bonds. The van der Waals surface area contributed by atoms with Crippen molar-refractivity contribution in [2.75, 3.05) is 46.0 Å². The summed E-state index contributed by atoms with van der Waals surface area (Å²) in [5.41, 5.74) is 0.999. The zero-order valence-electron chi connectivity index (χ0n) is 17.1.